The van der Waals surface area contributed by atoms with Crippen LogP contribution >= 0.6 is 0 Å². The van der Waals surface area contributed by atoms with Gasteiger partial charge in [0.1, 0.15) is 5.82 Å². The zero-order chi connectivity index (χ0) is 21.3. The lowest BCUT2D eigenvalue weighted by molar-refractivity contribution is -0.133. The summed E-state index contributed by atoms with van der Waals surface area (Å²) in [6.45, 7) is 7.19. The predicted octanol–water partition coefficient (Wildman–Crippen LogP) is 2.34. The Kier molecular flexibility index (Phi) is 6.39. The lowest BCUT2D eigenvalue weighted by Gasteiger charge is -2.41. The third-order valence-electron chi connectivity index (χ3n) is 7.10. The van der Waals surface area contributed by atoms with Gasteiger partial charge < -0.3 is 4.90 Å². The third kappa shape index (κ3) is 4.37. The summed E-state index contributed by atoms with van der Waals surface area (Å²) in [5.41, 5.74) is 7.07. The lowest BCUT2D eigenvalue weighted by atomic mass is 9.72. The van der Waals surface area contributed by atoms with Crippen LogP contribution in [0.25, 0.3) is 0 Å². The molecular weight excluding hydrogens is 383 g/mol. The number of carbonyl (C=O) groups is 2. The number of piperazine rings is 1. The second-order valence-corrected chi connectivity index (χ2v) is 9.24. The first-order valence-electron chi connectivity index (χ1n) is 11.3. The molecule has 3 unspecified atom stereocenters. The van der Waals surface area contributed by atoms with E-state index >= 15 is 0 Å². The number of carbonyl (C=O) groups excluding carboxylic acids is 2. The summed E-state index contributed by atoms with van der Waals surface area (Å²) in [6, 6.07) is 5.44. The maximum absolute atomic E-state index is 14.5. The van der Waals surface area contributed by atoms with Gasteiger partial charge in [-0.3, -0.25) is 19.9 Å². The molecule has 164 valence electrons. The largest absolute Gasteiger partial charge is 0.336 e. The molecule has 0 spiro atoms. The van der Waals surface area contributed by atoms with Crippen LogP contribution < -0.4 is 10.9 Å². The van der Waals surface area contributed by atoms with Crippen molar-refractivity contribution >= 4 is 11.8 Å². The van der Waals surface area contributed by atoms with E-state index in [4.69, 9.17) is 0 Å². The van der Waals surface area contributed by atoms with Crippen LogP contribution in [0.1, 0.15) is 55.5 Å². The molecule has 3 fully saturated rings. The van der Waals surface area contributed by atoms with E-state index in [1.807, 2.05) is 0 Å². The fourth-order valence-electron chi connectivity index (χ4n) is 5.26. The molecule has 2 heterocycles. The molecule has 3 atom stereocenters. The molecule has 3 aliphatic rings. The second kappa shape index (κ2) is 9.02. The molecule has 0 radical (unpaired) electrons. The van der Waals surface area contributed by atoms with Crippen molar-refractivity contribution in [2.24, 2.45) is 11.8 Å². The standard InChI is InChI=1S/C23H33FN4O2/c1-15(2)27-9-11-28(12-10-27)23(30)19-13-16(7-8-20(19)24)14-21-17-5-3-4-6-18(17)22(29)26-25-21/h7-8,13,15,17-18,21,25H,3-6,9-12,14H2,1-2H3,(H,26,29). The van der Waals surface area contributed by atoms with Gasteiger partial charge in [-0.1, -0.05) is 18.9 Å². The van der Waals surface area contributed by atoms with Crippen LogP contribution in [0.3, 0.4) is 0 Å². The van der Waals surface area contributed by atoms with Crippen LogP contribution in [0.2, 0.25) is 0 Å². The fraction of sp³-hybridized carbons (Fsp3) is 0.652. The molecule has 2 aliphatic heterocycles. The van der Waals surface area contributed by atoms with Crippen molar-refractivity contribution in [1.29, 1.82) is 0 Å². The number of nitrogens with zero attached hydrogens (tertiary/aromatic N) is 2. The van der Waals surface area contributed by atoms with Crippen molar-refractivity contribution in [3.63, 3.8) is 0 Å². The number of hydrogen-bond donors (Lipinski definition) is 2. The molecule has 1 aromatic carbocycles. The first kappa shape index (κ1) is 21.2. The van der Waals surface area contributed by atoms with E-state index in [-0.39, 0.29) is 29.3 Å². The van der Waals surface area contributed by atoms with Crippen molar-refractivity contribution in [2.75, 3.05) is 26.2 Å². The number of benzene rings is 1. The van der Waals surface area contributed by atoms with Gasteiger partial charge in [-0.2, -0.15) is 0 Å². The minimum atomic E-state index is -0.463. The van der Waals surface area contributed by atoms with Crippen LogP contribution in [0.5, 0.6) is 0 Å². The minimum Gasteiger partial charge on any atom is -0.336 e. The SMILES string of the molecule is CC(C)N1CCN(C(=O)c2cc(CC3NNC(=O)C4CCCCC34)ccc2F)CC1. The zero-order valence-corrected chi connectivity index (χ0v) is 18.0. The highest BCUT2D eigenvalue weighted by atomic mass is 19.1. The van der Waals surface area contributed by atoms with Crippen molar-refractivity contribution < 1.29 is 14.0 Å². The fourth-order valence-corrected chi connectivity index (χ4v) is 5.26. The van der Waals surface area contributed by atoms with E-state index in [2.05, 4.69) is 29.6 Å². The summed E-state index contributed by atoms with van der Waals surface area (Å²) >= 11 is 0. The van der Waals surface area contributed by atoms with Gasteiger partial charge in [0, 0.05) is 44.2 Å². The van der Waals surface area contributed by atoms with Crippen molar-refractivity contribution in [3.05, 3.63) is 35.1 Å². The van der Waals surface area contributed by atoms with Crippen LogP contribution in [0, 0.1) is 17.7 Å². The maximum Gasteiger partial charge on any atom is 0.256 e. The molecule has 0 bridgehead atoms. The number of hydrogen-bond acceptors (Lipinski definition) is 4. The normalized spacial score (nSPS) is 27.7. The average molecular weight is 417 g/mol. The maximum atomic E-state index is 14.5. The smallest absolute Gasteiger partial charge is 0.256 e. The summed E-state index contributed by atoms with van der Waals surface area (Å²) in [5, 5.41) is 0. The van der Waals surface area contributed by atoms with Gasteiger partial charge in [-0.15, -0.1) is 0 Å². The Morgan fingerprint density at radius 3 is 2.63 bits per heavy atom. The summed E-state index contributed by atoms with van der Waals surface area (Å²) in [7, 11) is 0. The van der Waals surface area contributed by atoms with Gasteiger partial charge >= 0.3 is 0 Å². The molecule has 1 aromatic rings. The summed E-state index contributed by atoms with van der Waals surface area (Å²) in [4.78, 5) is 29.3. The van der Waals surface area contributed by atoms with Crippen molar-refractivity contribution in [2.45, 2.75) is 58.0 Å². The van der Waals surface area contributed by atoms with Crippen molar-refractivity contribution in [3.8, 4) is 0 Å². The van der Waals surface area contributed by atoms with Gasteiger partial charge in [-0.05, 0) is 56.7 Å². The minimum absolute atomic E-state index is 0.0591. The molecule has 2 N–H and O–H groups in total. The molecule has 0 aromatic heterocycles. The number of nitrogens with one attached hydrogen (secondary N) is 2. The van der Waals surface area contributed by atoms with E-state index in [1.165, 1.54) is 6.07 Å². The highest BCUT2D eigenvalue weighted by Crippen LogP contribution is 2.35. The first-order chi connectivity index (χ1) is 14.4. The number of hydrazine groups is 1. The molecule has 30 heavy (non-hydrogen) atoms. The van der Waals surface area contributed by atoms with E-state index < -0.39 is 5.82 Å². The lowest BCUT2D eigenvalue weighted by Crippen LogP contribution is -2.60. The third-order valence-corrected chi connectivity index (χ3v) is 7.10. The van der Waals surface area contributed by atoms with Crippen LogP contribution in [0.15, 0.2) is 18.2 Å². The second-order valence-electron chi connectivity index (χ2n) is 9.24. The van der Waals surface area contributed by atoms with Crippen LogP contribution in [-0.4, -0.2) is 59.9 Å². The molecule has 7 heteroatoms. The Morgan fingerprint density at radius 2 is 1.90 bits per heavy atom. The highest BCUT2D eigenvalue weighted by Gasteiger charge is 2.39. The van der Waals surface area contributed by atoms with E-state index in [0.29, 0.717) is 31.5 Å². The highest BCUT2D eigenvalue weighted by molar-refractivity contribution is 5.94. The van der Waals surface area contributed by atoms with E-state index in [9.17, 15) is 14.0 Å². The summed E-state index contributed by atoms with van der Waals surface area (Å²) in [5.74, 6) is -0.246. The van der Waals surface area contributed by atoms with E-state index in [1.54, 1.807) is 17.0 Å². The molecular formula is C23H33FN4O2. The predicted molar refractivity (Wildman–Crippen MR) is 113 cm³/mol. The molecule has 1 saturated carbocycles. The Hall–Kier alpha value is -1.99. The average Bonchev–Trinajstić information content (AvgIpc) is 2.76. The number of halogens is 1. The number of fused-ring (bicyclic) bond motifs is 1. The van der Waals surface area contributed by atoms with Crippen molar-refractivity contribution in [1.82, 2.24) is 20.7 Å². The van der Waals surface area contributed by atoms with E-state index in [0.717, 1.165) is 44.3 Å². The first-order valence-corrected chi connectivity index (χ1v) is 11.3. The van der Waals surface area contributed by atoms with Crippen LogP contribution in [-0.2, 0) is 11.2 Å². The van der Waals surface area contributed by atoms with Gasteiger partial charge in [0.2, 0.25) is 5.91 Å². The number of amides is 2. The number of rotatable bonds is 4. The Balaban J connectivity index is 1.45. The molecule has 1 aliphatic carbocycles. The molecule has 6 nitrogen and oxygen atoms in total. The van der Waals surface area contributed by atoms with Gasteiger partial charge in [-0.25, -0.2) is 9.82 Å². The Morgan fingerprint density at radius 1 is 1.17 bits per heavy atom. The summed E-state index contributed by atoms with van der Waals surface area (Å²) in [6.07, 6.45) is 4.87. The van der Waals surface area contributed by atoms with Gasteiger partial charge in [0.25, 0.3) is 5.91 Å². The zero-order valence-electron chi connectivity index (χ0n) is 18.0. The van der Waals surface area contributed by atoms with Gasteiger partial charge in [0.15, 0.2) is 0 Å². The van der Waals surface area contributed by atoms with Gasteiger partial charge in [0.05, 0.1) is 5.56 Å². The molecule has 4 rings (SSSR count). The molecule has 2 saturated heterocycles. The topological polar surface area (TPSA) is 64.7 Å². The molecule has 2 amide bonds. The monoisotopic (exact) mass is 416 g/mol. The quantitative estimate of drug-likeness (QED) is 0.791. The Bertz CT molecular complexity index is 791. The van der Waals surface area contributed by atoms with Crippen LogP contribution in [0.4, 0.5) is 4.39 Å². The Labute approximate surface area is 178 Å². The summed E-state index contributed by atoms with van der Waals surface area (Å²) < 4.78 is 14.5.